The van der Waals surface area contributed by atoms with Gasteiger partial charge in [-0.3, -0.25) is 4.79 Å². The molecular weight excluding hydrogens is 298 g/mol. The van der Waals surface area contributed by atoms with E-state index in [0.717, 1.165) is 12.0 Å². The van der Waals surface area contributed by atoms with Gasteiger partial charge in [0.1, 0.15) is 0 Å². The fourth-order valence-electron chi connectivity index (χ4n) is 1.83. The fourth-order valence-corrected chi connectivity index (χ4v) is 1.83. The minimum absolute atomic E-state index is 0.101. The Balaban J connectivity index is 1.87. The molecule has 1 aromatic carbocycles. The Kier molecular flexibility index (Phi) is 6.07. The third kappa shape index (κ3) is 5.40. The van der Waals surface area contributed by atoms with Gasteiger partial charge in [0.05, 0.1) is 19.8 Å². The molecule has 0 aliphatic carbocycles. The maximum absolute atomic E-state index is 11.6. The quantitative estimate of drug-likeness (QED) is 0.501. The molecule has 0 bridgehead atoms. The first-order chi connectivity index (χ1) is 11.2. The molecule has 0 saturated carbocycles. The smallest absolute Gasteiger partial charge is 0.331 e. The maximum Gasteiger partial charge on any atom is 0.331 e. The van der Waals surface area contributed by atoms with Crippen LogP contribution < -0.4 is 14.8 Å². The Morgan fingerprint density at radius 1 is 1.30 bits per heavy atom. The van der Waals surface area contributed by atoms with Crippen molar-refractivity contribution in [2.45, 2.75) is 6.42 Å². The Bertz CT molecular complexity index is 645. The molecule has 1 amide bonds. The SMILES string of the molecule is C#CCNC(=O)COC(=O)/C=C/c1ccc2c(c1)OCCCO2. The lowest BCUT2D eigenvalue weighted by molar-refractivity contribution is -0.143. The second kappa shape index (κ2) is 8.49. The van der Waals surface area contributed by atoms with E-state index in [1.807, 2.05) is 0 Å². The van der Waals surface area contributed by atoms with Gasteiger partial charge in [0.25, 0.3) is 5.91 Å². The van der Waals surface area contributed by atoms with Crippen molar-refractivity contribution in [2.24, 2.45) is 0 Å². The van der Waals surface area contributed by atoms with Gasteiger partial charge in [-0.05, 0) is 23.8 Å². The maximum atomic E-state index is 11.6. The number of carbonyl (C=O) groups excluding carboxylic acids is 2. The van der Waals surface area contributed by atoms with Crippen LogP contribution in [-0.4, -0.2) is 38.2 Å². The van der Waals surface area contributed by atoms with E-state index in [9.17, 15) is 9.59 Å². The molecule has 6 nitrogen and oxygen atoms in total. The summed E-state index contributed by atoms with van der Waals surface area (Å²) >= 11 is 0. The molecule has 0 spiro atoms. The highest BCUT2D eigenvalue weighted by Gasteiger charge is 2.10. The molecule has 0 fully saturated rings. The molecule has 1 N–H and O–H groups in total. The van der Waals surface area contributed by atoms with Gasteiger partial charge in [-0.1, -0.05) is 12.0 Å². The lowest BCUT2D eigenvalue weighted by Gasteiger charge is -2.07. The van der Waals surface area contributed by atoms with Crippen LogP contribution in [0.5, 0.6) is 11.5 Å². The zero-order chi connectivity index (χ0) is 16.5. The van der Waals surface area contributed by atoms with Crippen LogP contribution in [0.1, 0.15) is 12.0 Å². The summed E-state index contributed by atoms with van der Waals surface area (Å²) in [5.41, 5.74) is 0.767. The molecular formula is C17H17NO5. The van der Waals surface area contributed by atoms with E-state index < -0.39 is 11.9 Å². The van der Waals surface area contributed by atoms with Crippen molar-refractivity contribution in [1.29, 1.82) is 0 Å². The highest BCUT2D eigenvalue weighted by Crippen LogP contribution is 2.30. The van der Waals surface area contributed by atoms with E-state index in [1.54, 1.807) is 24.3 Å². The molecule has 1 aromatic rings. The van der Waals surface area contributed by atoms with Gasteiger partial charge >= 0.3 is 5.97 Å². The van der Waals surface area contributed by atoms with Gasteiger partial charge in [-0.2, -0.15) is 0 Å². The van der Waals surface area contributed by atoms with E-state index in [2.05, 4.69) is 11.2 Å². The van der Waals surface area contributed by atoms with Crippen LogP contribution in [0.3, 0.4) is 0 Å². The Labute approximate surface area is 134 Å². The summed E-state index contributed by atoms with van der Waals surface area (Å²) in [6.07, 6.45) is 8.65. The fraction of sp³-hybridized carbons (Fsp3) is 0.294. The van der Waals surface area contributed by atoms with E-state index >= 15 is 0 Å². The molecule has 0 unspecified atom stereocenters. The van der Waals surface area contributed by atoms with Crippen LogP contribution >= 0.6 is 0 Å². The van der Waals surface area contributed by atoms with Crippen LogP contribution in [0.15, 0.2) is 24.3 Å². The van der Waals surface area contributed by atoms with Gasteiger partial charge in [-0.25, -0.2) is 4.79 Å². The second-order valence-electron chi connectivity index (χ2n) is 4.68. The Hall–Kier alpha value is -2.94. The molecule has 1 aliphatic heterocycles. The largest absolute Gasteiger partial charge is 0.490 e. The summed E-state index contributed by atoms with van der Waals surface area (Å²) in [5.74, 6) is 2.52. The van der Waals surface area contributed by atoms with Crippen molar-refractivity contribution in [3.05, 3.63) is 29.8 Å². The molecule has 23 heavy (non-hydrogen) atoms. The van der Waals surface area contributed by atoms with Crippen molar-refractivity contribution in [3.63, 3.8) is 0 Å². The third-order valence-electron chi connectivity index (χ3n) is 2.92. The molecule has 0 saturated heterocycles. The van der Waals surface area contributed by atoms with Crippen LogP contribution in [0, 0.1) is 12.3 Å². The lowest BCUT2D eigenvalue weighted by Crippen LogP contribution is -2.28. The Morgan fingerprint density at radius 3 is 2.87 bits per heavy atom. The van der Waals surface area contributed by atoms with Crippen molar-refractivity contribution in [3.8, 4) is 23.8 Å². The van der Waals surface area contributed by atoms with E-state index in [-0.39, 0.29) is 13.2 Å². The van der Waals surface area contributed by atoms with E-state index in [1.165, 1.54) is 6.08 Å². The second-order valence-corrected chi connectivity index (χ2v) is 4.68. The first-order valence-corrected chi connectivity index (χ1v) is 7.13. The number of terminal acetylenes is 1. The van der Waals surface area contributed by atoms with Gasteiger partial charge in [-0.15, -0.1) is 6.42 Å². The van der Waals surface area contributed by atoms with Crippen LogP contribution in [-0.2, 0) is 14.3 Å². The highest BCUT2D eigenvalue weighted by atomic mass is 16.5. The average molecular weight is 315 g/mol. The molecule has 120 valence electrons. The minimum atomic E-state index is -0.618. The van der Waals surface area contributed by atoms with Crippen LogP contribution in [0.4, 0.5) is 0 Å². The minimum Gasteiger partial charge on any atom is -0.490 e. The number of hydrogen-bond donors (Lipinski definition) is 1. The molecule has 0 aromatic heterocycles. The molecule has 0 atom stereocenters. The molecule has 6 heteroatoms. The van der Waals surface area contributed by atoms with Crippen LogP contribution in [0.2, 0.25) is 0 Å². The van der Waals surface area contributed by atoms with Crippen molar-refractivity contribution < 1.29 is 23.8 Å². The summed E-state index contributed by atoms with van der Waals surface area (Å²) in [7, 11) is 0. The third-order valence-corrected chi connectivity index (χ3v) is 2.92. The van der Waals surface area contributed by atoms with Crippen molar-refractivity contribution >= 4 is 18.0 Å². The van der Waals surface area contributed by atoms with Crippen molar-refractivity contribution in [1.82, 2.24) is 5.32 Å². The molecule has 0 radical (unpaired) electrons. The number of rotatable bonds is 5. The predicted octanol–water partition coefficient (Wildman–Crippen LogP) is 1.15. The van der Waals surface area contributed by atoms with E-state index in [4.69, 9.17) is 20.6 Å². The highest BCUT2D eigenvalue weighted by molar-refractivity contribution is 5.89. The zero-order valence-electron chi connectivity index (χ0n) is 12.5. The average Bonchev–Trinajstić information content (AvgIpc) is 2.81. The zero-order valence-corrected chi connectivity index (χ0v) is 12.5. The molecule has 1 aliphatic rings. The number of esters is 1. The van der Waals surface area contributed by atoms with E-state index in [0.29, 0.717) is 24.7 Å². The summed E-state index contributed by atoms with van der Waals surface area (Å²) in [6, 6.07) is 5.37. The summed E-state index contributed by atoms with van der Waals surface area (Å²) in [6.45, 7) is 0.945. The number of hydrogen-bond acceptors (Lipinski definition) is 5. The standard InChI is InChI=1S/C17H17NO5/c1-2-8-18-16(19)12-23-17(20)7-5-13-4-6-14-15(11-13)22-10-3-9-21-14/h1,4-7,11H,3,8-10,12H2,(H,18,19)/b7-5+. The number of amides is 1. The first kappa shape index (κ1) is 16.4. The summed E-state index contributed by atoms with van der Waals surface area (Å²) in [4.78, 5) is 22.8. The summed E-state index contributed by atoms with van der Waals surface area (Å²) < 4.78 is 15.9. The lowest BCUT2D eigenvalue weighted by atomic mass is 10.2. The monoisotopic (exact) mass is 315 g/mol. The normalized spacial score (nSPS) is 13.0. The topological polar surface area (TPSA) is 73.9 Å². The molecule has 1 heterocycles. The first-order valence-electron chi connectivity index (χ1n) is 7.13. The number of ether oxygens (including phenoxy) is 3. The van der Waals surface area contributed by atoms with Gasteiger partial charge in [0.2, 0.25) is 0 Å². The Morgan fingerprint density at radius 2 is 2.09 bits per heavy atom. The molecule has 2 rings (SSSR count). The van der Waals surface area contributed by atoms with Crippen LogP contribution in [0.25, 0.3) is 6.08 Å². The predicted molar refractivity (Wildman–Crippen MR) is 83.9 cm³/mol. The number of benzene rings is 1. The van der Waals surface area contributed by atoms with Crippen molar-refractivity contribution in [2.75, 3.05) is 26.4 Å². The number of fused-ring (bicyclic) bond motifs is 1. The van der Waals surface area contributed by atoms with Gasteiger partial charge in [0.15, 0.2) is 18.1 Å². The number of carbonyl (C=O) groups is 2. The summed E-state index contributed by atoms with van der Waals surface area (Å²) in [5, 5.41) is 2.39. The number of nitrogens with one attached hydrogen (secondary N) is 1. The van der Waals surface area contributed by atoms with Gasteiger partial charge < -0.3 is 19.5 Å². The van der Waals surface area contributed by atoms with Gasteiger partial charge in [0, 0.05) is 12.5 Å².